The van der Waals surface area contributed by atoms with Crippen LogP contribution >= 0.6 is 0 Å². The number of fused-ring (bicyclic) bond motifs is 2. The topological polar surface area (TPSA) is 52.2 Å². The molecule has 0 radical (unpaired) electrons. The number of alkyl halides is 3. The highest BCUT2D eigenvalue weighted by Crippen LogP contribution is 2.49. The van der Waals surface area contributed by atoms with E-state index in [1.165, 1.54) is 12.1 Å². The quantitative estimate of drug-likeness (QED) is 0.754. The monoisotopic (exact) mass is 444 g/mol. The number of hydrogen-bond donors (Lipinski definition) is 1. The Morgan fingerprint density at radius 2 is 1.84 bits per heavy atom. The van der Waals surface area contributed by atoms with Crippen molar-refractivity contribution in [2.75, 3.05) is 19.6 Å². The Kier molecular flexibility index (Phi) is 5.06. The van der Waals surface area contributed by atoms with Crippen LogP contribution in [0, 0.1) is 11.8 Å². The first-order chi connectivity index (χ1) is 15.2. The number of hydrogen-bond acceptors (Lipinski definition) is 3. The molecule has 5 rings (SSSR count). The minimum Gasteiger partial charge on any atom is -0.371 e. The first-order valence-electron chi connectivity index (χ1n) is 11.1. The van der Waals surface area contributed by atoms with Gasteiger partial charge in [0.25, 0.3) is 5.91 Å². The molecule has 8 heteroatoms. The number of rotatable bonds is 3. The average Bonchev–Trinajstić information content (AvgIpc) is 3.45. The van der Waals surface area contributed by atoms with E-state index < -0.39 is 11.7 Å². The minimum atomic E-state index is -4.34. The van der Waals surface area contributed by atoms with Gasteiger partial charge in [0.1, 0.15) is 0 Å². The van der Waals surface area contributed by atoms with Gasteiger partial charge in [-0.3, -0.25) is 9.89 Å². The van der Waals surface area contributed by atoms with Gasteiger partial charge in [-0.2, -0.15) is 18.3 Å². The zero-order valence-electron chi connectivity index (χ0n) is 18.1. The number of benzene rings is 1. The van der Waals surface area contributed by atoms with Crippen LogP contribution in [-0.2, 0) is 19.1 Å². The molecule has 2 fully saturated rings. The number of allylic oxidation sites excluding steroid dienone is 1. The van der Waals surface area contributed by atoms with Crippen molar-refractivity contribution in [2.24, 2.45) is 11.8 Å². The summed E-state index contributed by atoms with van der Waals surface area (Å²) in [5, 5.41) is 7.36. The fraction of sp³-hybridized carbons (Fsp3) is 0.500. The molecule has 3 heterocycles. The largest absolute Gasteiger partial charge is 0.416 e. The van der Waals surface area contributed by atoms with Gasteiger partial charge in [0.15, 0.2) is 5.69 Å². The molecule has 5 nitrogen and oxygen atoms in total. The summed E-state index contributed by atoms with van der Waals surface area (Å²) in [6, 6.07) is 5.92. The summed E-state index contributed by atoms with van der Waals surface area (Å²) in [5.74, 6) is 0.272. The van der Waals surface area contributed by atoms with E-state index in [1.807, 2.05) is 11.8 Å². The lowest BCUT2D eigenvalue weighted by atomic mass is 9.91. The van der Waals surface area contributed by atoms with E-state index in [0.717, 1.165) is 29.9 Å². The van der Waals surface area contributed by atoms with Crippen molar-refractivity contribution in [3.8, 4) is 0 Å². The van der Waals surface area contributed by atoms with Crippen molar-refractivity contribution in [1.29, 1.82) is 0 Å². The number of aromatic amines is 1. The van der Waals surface area contributed by atoms with Crippen molar-refractivity contribution in [1.82, 2.24) is 20.0 Å². The molecule has 1 aromatic carbocycles. The van der Waals surface area contributed by atoms with Gasteiger partial charge in [-0.15, -0.1) is 0 Å². The standard InChI is InChI=1S/C24H27F3N4O/c1-14(2)30-8-7-21-19(13-30)22(29-28-21)23(32)31-11-16-9-15(10-17(16)12-31)18-5-3-4-6-20(18)24(25,26)27/h3-6,15-17H,1,7-13H2,2H3,(H,28,29)/t15?,16-,17+. The highest BCUT2D eigenvalue weighted by molar-refractivity contribution is 5.94. The number of H-pyrrole nitrogens is 1. The fourth-order valence-electron chi connectivity index (χ4n) is 5.78. The summed E-state index contributed by atoms with van der Waals surface area (Å²) in [5.41, 5.74) is 3.27. The van der Waals surface area contributed by atoms with Crippen LogP contribution in [0.25, 0.3) is 0 Å². The zero-order valence-corrected chi connectivity index (χ0v) is 18.1. The molecule has 0 spiro atoms. The lowest BCUT2D eigenvalue weighted by Gasteiger charge is -2.29. The number of aromatic nitrogens is 2. The molecule has 3 atom stereocenters. The number of nitrogens with one attached hydrogen (secondary N) is 1. The van der Waals surface area contributed by atoms with Crippen LogP contribution in [-0.4, -0.2) is 45.5 Å². The number of halogens is 3. The molecular formula is C24H27F3N4O. The van der Waals surface area contributed by atoms with Gasteiger partial charge in [-0.05, 0) is 49.1 Å². The number of nitrogens with zero attached hydrogens (tertiary/aromatic N) is 3. The van der Waals surface area contributed by atoms with E-state index >= 15 is 0 Å². The second kappa shape index (κ2) is 7.67. The number of carbonyl (C=O) groups is 1. The third-order valence-corrected chi connectivity index (χ3v) is 7.42. The third kappa shape index (κ3) is 3.59. The minimum absolute atomic E-state index is 0.0762. The molecule has 1 N–H and O–H groups in total. The van der Waals surface area contributed by atoms with Gasteiger partial charge >= 0.3 is 6.18 Å². The van der Waals surface area contributed by atoms with E-state index in [2.05, 4.69) is 21.7 Å². The number of amides is 1. The average molecular weight is 445 g/mol. The van der Waals surface area contributed by atoms with Crippen LogP contribution < -0.4 is 0 Å². The maximum Gasteiger partial charge on any atom is 0.416 e. The van der Waals surface area contributed by atoms with E-state index in [-0.39, 0.29) is 23.7 Å². The molecule has 2 aliphatic heterocycles. The molecule has 1 amide bonds. The van der Waals surface area contributed by atoms with Crippen molar-refractivity contribution in [2.45, 2.75) is 44.8 Å². The van der Waals surface area contributed by atoms with Crippen molar-refractivity contribution >= 4 is 5.91 Å². The Bertz CT molecular complexity index is 1050. The molecule has 1 saturated heterocycles. The second-order valence-electron chi connectivity index (χ2n) is 9.42. The van der Waals surface area contributed by atoms with Gasteiger partial charge in [-0.25, -0.2) is 0 Å². The first-order valence-corrected chi connectivity index (χ1v) is 11.1. The van der Waals surface area contributed by atoms with Gasteiger partial charge in [0, 0.05) is 49.6 Å². The van der Waals surface area contributed by atoms with E-state index in [4.69, 9.17) is 0 Å². The van der Waals surface area contributed by atoms with Crippen molar-refractivity contribution < 1.29 is 18.0 Å². The Morgan fingerprint density at radius 1 is 1.16 bits per heavy atom. The molecule has 1 aliphatic carbocycles. The molecule has 170 valence electrons. The third-order valence-electron chi connectivity index (χ3n) is 7.42. The predicted molar refractivity (Wildman–Crippen MR) is 114 cm³/mol. The normalized spacial score (nSPS) is 25.1. The molecule has 32 heavy (non-hydrogen) atoms. The molecule has 1 saturated carbocycles. The Morgan fingerprint density at radius 3 is 2.50 bits per heavy atom. The lowest BCUT2D eigenvalue weighted by Crippen LogP contribution is -2.33. The molecule has 1 unspecified atom stereocenters. The summed E-state index contributed by atoms with van der Waals surface area (Å²) >= 11 is 0. The molecule has 2 aromatic rings. The molecule has 1 aromatic heterocycles. The molecule has 0 bridgehead atoms. The number of carbonyl (C=O) groups excluding carboxylic acids is 1. The van der Waals surface area contributed by atoms with Crippen molar-refractivity contribution in [3.05, 3.63) is 64.6 Å². The van der Waals surface area contributed by atoms with Crippen LogP contribution in [0.5, 0.6) is 0 Å². The predicted octanol–water partition coefficient (Wildman–Crippen LogP) is 4.59. The zero-order chi connectivity index (χ0) is 22.6. The SMILES string of the molecule is C=C(C)N1CCc2[nH]nc(C(=O)N3C[C@H]4CC(c5ccccc5C(F)(F)F)C[C@H]4C3)c2C1. The Labute approximate surface area is 185 Å². The van der Waals surface area contributed by atoms with Crippen LogP contribution in [0.3, 0.4) is 0 Å². The summed E-state index contributed by atoms with van der Waals surface area (Å²) in [6.07, 6.45) is -2.17. The van der Waals surface area contributed by atoms with Gasteiger partial charge in [0.2, 0.25) is 0 Å². The van der Waals surface area contributed by atoms with E-state index in [0.29, 0.717) is 43.7 Å². The Balaban J connectivity index is 1.29. The summed E-state index contributed by atoms with van der Waals surface area (Å²) in [6.45, 7) is 8.61. The van der Waals surface area contributed by atoms with Gasteiger partial charge < -0.3 is 9.80 Å². The second-order valence-corrected chi connectivity index (χ2v) is 9.42. The van der Waals surface area contributed by atoms with Crippen molar-refractivity contribution in [3.63, 3.8) is 0 Å². The maximum atomic E-state index is 13.5. The fourth-order valence-corrected chi connectivity index (χ4v) is 5.78. The van der Waals surface area contributed by atoms with Crippen LogP contribution in [0.1, 0.15) is 58.6 Å². The summed E-state index contributed by atoms with van der Waals surface area (Å²) in [7, 11) is 0. The number of likely N-dealkylation sites (tertiary alicyclic amines) is 1. The van der Waals surface area contributed by atoms with E-state index in [1.54, 1.807) is 12.1 Å². The first kappa shape index (κ1) is 21.1. The lowest BCUT2D eigenvalue weighted by molar-refractivity contribution is -0.138. The molecular weight excluding hydrogens is 417 g/mol. The van der Waals surface area contributed by atoms with Gasteiger partial charge in [0.05, 0.1) is 5.56 Å². The summed E-state index contributed by atoms with van der Waals surface area (Å²) in [4.78, 5) is 17.3. The van der Waals surface area contributed by atoms with Gasteiger partial charge in [-0.1, -0.05) is 24.8 Å². The smallest absolute Gasteiger partial charge is 0.371 e. The molecule has 3 aliphatic rings. The summed E-state index contributed by atoms with van der Waals surface area (Å²) < 4.78 is 40.4. The highest BCUT2D eigenvalue weighted by atomic mass is 19.4. The van der Waals surface area contributed by atoms with Crippen LogP contribution in [0.4, 0.5) is 13.2 Å². The highest BCUT2D eigenvalue weighted by Gasteiger charge is 2.45. The van der Waals surface area contributed by atoms with E-state index in [9.17, 15) is 18.0 Å². The van der Waals surface area contributed by atoms with Crippen LogP contribution in [0.15, 0.2) is 36.5 Å². The maximum absolute atomic E-state index is 13.5. The van der Waals surface area contributed by atoms with Crippen LogP contribution in [0.2, 0.25) is 0 Å². The Hall–Kier alpha value is -2.77.